The number of carbonyl (C=O) groups excluding carboxylic acids is 1. The van der Waals surface area contributed by atoms with Crippen molar-refractivity contribution < 1.29 is 4.79 Å². The van der Waals surface area contributed by atoms with Gasteiger partial charge in [0, 0.05) is 10.9 Å². The van der Waals surface area contributed by atoms with Gasteiger partial charge in [-0.1, -0.05) is 42.5 Å². The van der Waals surface area contributed by atoms with E-state index in [2.05, 4.69) is 0 Å². The molecule has 0 atom stereocenters. The van der Waals surface area contributed by atoms with Crippen LogP contribution in [0, 0.1) is 3.14 Å². The van der Waals surface area contributed by atoms with Crippen molar-refractivity contribution in [2.75, 3.05) is 0 Å². The normalized spacial score (nSPS) is 10.1. The number of hydrogen-bond acceptors (Lipinski definition) is 5. The van der Waals surface area contributed by atoms with Crippen LogP contribution in [-0.4, -0.2) is 5.12 Å². The molecule has 15 heavy (non-hydrogen) atoms. The van der Waals surface area contributed by atoms with E-state index in [9.17, 15) is 4.79 Å². The minimum absolute atomic E-state index is 0.0691. The van der Waals surface area contributed by atoms with Gasteiger partial charge in [0.25, 0.3) is 0 Å². The van der Waals surface area contributed by atoms with E-state index in [1.807, 2.05) is 35.7 Å². The van der Waals surface area contributed by atoms with E-state index in [1.54, 1.807) is 0 Å². The Kier molecular flexibility index (Phi) is 3.69. The summed E-state index contributed by atoms with van der Waals surface area (Å²) in [4.78, 5) is 11.8. The van der Waals surface area contributed by atoms with Gasteiger partial charge in [0.05, 0.1) is 4.21 Å². The minimum atomic E-state index is 0.0691. The average molecular weight is 270 g/mol. The van der Waals surface area contributed by atoms with Crippen molar-refractivity contribution in [2.24, 2.45) is 0 Å². The van der Waals surface area contributed by atoms with Gasteiger partial charge in [-0.3, -0.25) is 4.79 Å². The number of benzene rings is 1. The summed E-state index contributed by atoms with van der Waals surface area (Å²) in [7, 11) is 0. The highest BCUT2D eigenvalue weighted by molar-refractivity contribution is 8.15. The van der Waals surface area contributed by atoms with E-state index in [0.29, 0.717) is 0 Å². The first-order valence-corrected chi connectivity index (χ1v) is 7.03. The van der Waals surface area contributed by atoms with Crippen LogP contribution in [0.1, 0.15) is 10.4 Å². The molecular formula is C10H6OS4. The van der Waals surface area contributed by atoms with Crippen LogP contribution in [0.15, 0.2) is 39.9 Å². The highest BCUT2D eigenvalue weighted by Gasteiger charge is 2.08. The maximum atomic E-state index is 11.8. The molecule has 76 valence electrons. The van der Waals surface area contributed by atoms with E-state index < -0.39 is 0 Å². The van der Waals surface area contributed by atoms with Gasteiger partial charge >= 0.3 is 0 Å². The third-order valence-electron chi connectivity index (χ3n) is 1.64. The molecule has 1 aromatic carbocycles. The summed E-state index contributed by atoms with van der Waals surface area (Å²) in [5.74, 6) is 0. The lowest BCUT2D eigenvalue weighted by atomic mass is 10.2. The first kappa shape index (κ1) is 11.0. The Hall–Kier alpha value is -0.490. The van der Waals surface area contributed by atoms with Gasteiger partial charge < -0.3 is 0 Å². The predicted molar refractivity (Wildman–Crippen MR) is 69.7 cm³/mol. The Morgan fingerprint density at radius 1 is 1.27 bits per heavy atom. The predicted octanol–water partition coefficient (Wildman–Crippen LogP) is 4.47. The Morgan fingerprint density at radius 3 is 2.60 bits per heavy atom. The van der Waals surface area contributed by atoms with Crippen LogP contribution >= 0.6 is 46.7 Å². The fourth-order valence-electron chi connectivity index (χ4n) is 0.996. The fourth-order valence-corrected chi connectivity index (χ4v) is 4.44. The molecular weight excluding hydrogens is 264 g/mol. The molecule has 0 radical (unpaired) electrons. The number of carbonyl (C=O) groups is 1. The van der Waals surface area contributed by atoms with Gasteiger partial charge in [-0.25, -0.2) is 0 Å². The van der Waals surface area contributed by atoms with Crippen molar-refractivity contribution in [3.63, 3.8) is 0 Å². The lowest BCUT2D eigenvalue weighted by Gasteiger charge is -1.96. The van der Waals surface area contributed by atoms with Crippen LogP contribution in [0.25, 0.3) is 0 Å². The van der Waals surface area contributed by atoms with E-state index >= 15 is 0 Å². The molecule has 0 spiro atoms. The molecule has 0 aliphatic rings. The topological polar surface area (TPSA) is 17.1 Å². The smallest absolute Gasteiger partial charge is 0.224 e. The van der Waals surface area contributed by atoms with E-state index in [0.717, 1.165) is 12.9 Å². The first-order valence-electron chi connectivity index (χ1n) is 4.11. The SMILES string of the molecule is O=C(Sc1csc(=S)s1)c1ccccc1. The molecule has 1 nitrogen and oxygen atoms in total. The fraction of sp³-hybridized carbons (Fsp3) is 0. The monoisotopic (exact) mass is 270 g/mol. The van der Waals surface area contributed by atoms with Crippen LogP contribution in [0.3, 0.4) is 0 Å². The Bertz CT molecular complexity index is 511. The summed E-state index contributed by atoms with van der Waals surface area (Å²) < 4.78 is 1.83. The van der Waals surface area contributed by atoms with Crippen LogP contribution in [0.5, 0.6) is 0 Å². The molecule has 0 N–H and O–H groups in total. The molecule has 0 fully saturated rings. The minimum Gasteiger partial charge on any atom is -0.281 e. The zero-order valence-corrected chi connectivity index (χ0v) is 10.8. The third-order valence-corrected chi connectivity index (χ3v) is 5.29. The van der Waals surface area contributed by atoms with Gasteiger partial charge in [-0.05, 0) is 11.8 Å². The molecule has 1 heterocycles. The number of rotatable bonds is 2. The standard InChI is InChI=1S/C10H6OS4/c11-9(7-4-2-1-3-5-7)14-8-6-13-10(12)15-8/h1-6H. The lowest BCUT2D eigenvalue weighted by molar-refractivity contribution is 0.108. The summed E-state index contributed by atoms with van der Waals surface area (Å²) in [5.41, 5.74) is 0.729. The molecule has 0 bridgehead atoms. The van der Waals surface area contributed by atoms with Crippen molar-refractivity contribution in [1.82, 2.24) is 0 Å². The summed E-state index contributed by atoms with van der Waals surface area (Å²) in [5, 5.41) is 2.00. The maximum absolute atomic E-state index is 11.8. The van der Waals surface area contributed by atoms with Crippen molar-refractivity contribution in [1.29, 1.82) is 0 Å². The van der Waals surface area contributed by atoms with Crippen molar-refractivity contribution in [2.45, 2.75) is 4.21 Å². The average Bonchev–Trinajstić information content (AvgIpc) is 2.65. The largest absolute Gasteiger partial charge is 0.281 e. The molecule has 1 aromatic heterocycles. The second-order valence-corrected chi connectivity index (χ2v) is 7.05. The highest BCUT2D eigenvalue weighted by atomic mass is 32.2. The molecule has 0 amide bonds. The number of hydrogen-bond donors (Lipinski definition) is 0. The van der Waals surface area contributed by atoms with Crippen molar-refractivity contribution in [3.05, 3.63) is 44.4 Å². The molecule has 0 saturated carbocycles. The lowest BCUT2D eigenvalue weighted by Crippen LogP contribution is -1.90. The zero-order valence-electron chi connectivity index (χ0n) is 7.51. The molecule has 0 aliphatic heterocycles. The first-order chi connectivity index (χ1) is 7.25. The van der Waals surface area contributed by atoms with Gasteiger partial charge in [0.1, 0.15) is 3.14 Å². The molecule has 0 unspecified atom stereocenters. The van der Waals surface area contributed by atoms with Gasteiger partial charge in [-0.15, -0.1) is 22.7 Å². The van der Waals surface area contributed by atoms with Crippen molar-refractivity contribution >= 4 is 51.8 Å². The molecule has 0 aliphatic carbocycles. The number of thioether (sulfide) groups is 1. The van der Waals surface area contributed by atoms with E-state index in [-0.39, 0.29) is 5.12 Å². The quantitative estimate of drug-likeness (QED) is 0.592. The Balaban J connectivity index is 2.14. The molecule has 2 aromatic rings. The summed E-state index contributed by atoms with van der Waals surface area (Å²) >= 11 is 9.24. The van der Waals surface area contributed by atoms with E-state index in [1.165, 1.54) is 34.4 Å². The third kappa shape index (κ3) is 2.98. The molecule has 2 rings (SSSR count). The van der Waals surface area contributed by atoms with E-state index in [4.69, 9.17) is 12.2 Å². The van der Waals surface area contributed by atoms with Crippen LogP contribution < -0.4 is 0 Å². The summed E-state index contributed by atoms with van der Waals surface area (Å²) in [6, 6.07) is 9.27. The van der Waals surface area contributed by atoms with Gasteiger partial charge in [-0.2, -0.15) is 0 Å². The van der Waals surface area contributed by atoms with Crippen LogP contribution in [-0.2, 0) is 0 Å². The van der Waals surface area contributed by atoms with Crippen LogP contribution in [0.2, 0.25) is 0 Å². The summed E-state index contributed by atoms with van der Waals surface area (Å²) in [6.07, 6.45) is 0. The summed E-state index contributed by atoms with van der Waals surface area (Å²) in [6.45, 7) is 0. The van der Waals surface area contributed by atoms with Gasteiger partial charge in [0.2, 0.25) is 5.12 Å². The van der Waals surface area contributed by atoms with Crippen LogP contribution in [0.4, 0.5) is 0 Å². The maximum Gasteiger partial charge on any atom is 0.224 e. The Labute approximate surface area is 105 Å². The van der Waals surface area contributed by atoms with Crippen molar-refractivity contribution in [3.8, 4) is 0 Å². The second kappa shape index (κ2) is 5.03. The van der Waals surface area contributed by atoms with Gasteiger partial charge in [0.15, 0.2) is 0 Å². The zero-order chi connectivity index (χ0) is 10.7. The second-order valence-electron chi connectivity index (χ2n) is 2.66. The highest BCUT2D eigenvalue weighted by Crippen LogP contribution is 2.30. The Morgan fingerprint density at radius 2 is 2.00 bits per heavy atom. The molecule has 0 saturated heterocycles. The molecule has 5 heteroatoms.